The first-order valence-corrected chi connectivity index (χ1v) is 12.1. The van der Waals surface area contributed by atoms with Gasteiger partial charge in [-0.25, -0.2) is 4.79 Å². The van der Waals surface area contributed by atoms with Crippen molar-refractivity contribution in [1.82, 2.24) is 9.80 Å². The van der Waals surface area contributed by atoms with Gasteiger partial charge in [0.1, 0.15) is 18.4 Å². The predicted octanol–water partition coefficient (Wildman–Crippen LogP) is 2.99. The van der Waals surface area contributed by atoms with E-state index in [4.69, 9.17) is 25.8 Å². The molecule has 2 saturated heterocycles. The van der Waals surface area contributed by atoms with Crippen molar-refractivity contribution in [3.05, 3.63) is 62.7 Å². The van der Waals surface area contributed by atoms with Crippen LogP contribution in [0.2, 0.25) is 5.02 Å². The van der Waals surface area contributed by atoms with E-state index in [1.165, 1.54) is 13.2 Å². The zero-order valence-electron chi connectivity index (χ0n) is 19.8. The number of aliphatic hydroxyl groups excluding tert-OH is 1. The number of cyclic esters (lactones) is 1. The van der Waals surface area contributed by atoms with Crippen LogP contribution in [0.3, 0.4) is 0 Å². The van der Waals surface area contributed by atoms with E-state index in [2.05, 4.69) is 15.9 Å². The Balaban J connectivity index is 1.22. The molecule has 0 aromatic heterocycles. The summed E-state index contributed by atoms with van der Waals surface area (Å²) in [6.07, 6.45) is -0.846. The molecule has 0 bridgehead atoms. The molecule has 0 aliphatic carbocycles. The molecule has 1 unspecified atom stereocenters. The highest BCUT2D eigenvalue weighted by Gasteiger charge is 2.36. The molecule has 184 valence electrons. The van der Waals surface area contributed by atoms with Crippen LogP contribution >= 0.6 is 11.6 Å². The summed E-state index contributed by atoms with van der Waals surface area (Å²) in [5, 5.41) is 20.5. The first-order chi connectivity index (χ1) is 16.9. The molecule has 0 spiro atoms. The molecule has 0 radical (unpaired) electrons. The number of esters is 1. The molecule has 0 saturated carbocycles. The van der Waals surface area contributed by atoms with E-state index >= 15 is 0 Å². The number of nitriles is 1. The average Bonchev–Trinajstić information content (AvgIpc) is 3.25. The lowest BCUT2D eigenvalue weighted by molar-refractivity contribution is -0.0939. The van der Waals surface area contributed by atoms with Gasteiger partial charge in [0.2, 0.25) is 0 Å². The number of methoxy groups -OCH3 is 1. The number of halogens is 1. The van der Waals surface area contributed by atoms with Crippen molar-refractivity contribution in [1.29, 1.82) is 5.26 Å². The summed E-state index contributed by atoms with van der Waals surface area (Å²) in [5.41, 5.74) is 4.71. The Morgan fingerprint density at radius 2 is 2.14 bits per heavy atom. The van der Waals surface area contributed by atoms with Gasteiger partial charge < -0.3 is 19.3 Å². The van der Waals surface area contributed by atoms with Gasteiger partial charge in [0.05, 0.1) is 37.1 Å². The normalized spacial score (nSPS) is 23.2. The number of carbonyl (C=O) groups is 1. The molecule has 2 aromatic carbocycles. The lowest BCUT2D eigenvalue weighted by Gasteiger charge is -2.46. The number of aliphatic hydroxyl groups is 1. The highest BCUT2D eigenvalue weighted by atomic mass is 35.5. The van der Waals surface area contributed by atoms with Crippen LogP contribution in [0.4, 0.5) is 0 Å². The number of β-amino-alcohol motifs (C(OH)–C–C–N with tert-alkyl or cyclic N) is 1. The van der Waals surface area contributed by atoms with Gasteiger partial charge in [0.15, 0.2) is 0 Å². The standard InChI is InChI=1S/C26H28ClN3O5/c1-15-18(3-4-19-21(15)14-35-26(19)32)25-12-30-6-5-29(10-17(30)13-34-25)11-23(31)20-8-24(33-2)16(9-28)7-22(20)27/h3-4,7-8,17,23,25,31H,5-6,10-14H2,1-2H3/t17-,23?,25-/m0/s1. The van der Waals surface area contributed by atoms with E-state index in [0.29, 0.717) is 47.2 Å². The smallest absolute Gasteiger partial charge is 0.338 e. The summed E-state index contributed by atoms with van der Waals surface area (Å²) in [7, 11) is 1.49. The van der Waals surface area contributed by atoms with Crippen molar-refractivity contribution in [2.24, 2.45) is 0 Å². The molecule has 9 heteroatoms. The number of carbonyl (C=O) groups excluding carboxylic acids is 1. The van der Waals surface area contributed by atoms with Crippen LogP contribution in [-0.2, 0) is 16.1 Å². The molecular weight excluding hydrogens is 470 g/mol. The lowest BCUT2D eigenvalue weighted by atomic mass is 9.94. The highest BCUT2D eigenvalue weighted by molar-refractivity contribution is 6.31. The number of benzene rings is 2. The van der Waals surface area contributed by atoms with Gasteiger partial charge >= 0.3 is 5.97 Å². The Morgan fingerprint density at radius 3 is 2.91 bits per heavy atom. The van der Waals surface area contributed by atoms with Gasteiger partial charge in [-0.15, -0.1) is 0 Å². The molecule has 8 nitrogen and oxygen atoms in total. The average molecular weight is 498 g/mol. The minimum Gasteiger partial charge on any atom is -0.495 e. The molecule has 35 heavy (non-hydrogen) atoms. The monoisotopic (exact) mass is 497 g/mol. The second-order valence-electron chi connectivity index (χ2n) is 9.31. The maximum Gasteiger partial charge on any atom is 0.338 e. The SMILES string of the molecule is COc1cc(C(O)CN2CCN3C[C@@H](c4ccc5c(c4C)COC5=O)OC[C@@H]3C2)c(Cl)cc1C#N. The molecule has 3 heterocycles. The number of fused-ring (bicyclic) bond motifs is 2. The van der Waals surface area contributed by atoms with Gasteiger partial charge in [-0.2, -0.15) is 5.26 Å². The Kier molecular flexibility index (Phi) is 6.71. The molecule has 3 aliphatic heterocycles. The summed E-state index contributed by atoms with van der Waals surface area (Å²) in [4.78, 5) is 16.5. The summed E-state index contributed by atoms with van der Waals surface area (Å²) < 4.78 is 16.8. The quantitative estimate of drug-likeness (QED) is 0.630. The van der Waals surface area contributed by atoms with Crippen LogP contribution in [-0.4, -0.2) is 73.4 Å². The summed E-state index contributed by atoms with van der Waals surface area (Å²) in [5.74, 6) is 0.151. The number of piperazine rings is 1. The van der Waals surface area contributed by atoms with Gasteiger partial charge in [-0.3, -0.25) is 9.80 Å². The Morgan fingerprint density at radius 1 is 1.31 bits per heavy atom. The first kappa shape index (κ1) is 24.0. The molecule has 3 aliphatic rings. The third-order valence-corrected chi connectivity index (χ3v) is 7.69. The van der Waals surface area contributed by atoms with Crippen LogP contribution in [0.1, 0.15) is 50.4 Å². The van der Waals surface area contributed by atoms with Crippen molar-refractivity contribution in [2.45, 2.75) is 31.8 Å². The van der Waals surface area contributed by atoms with E-state index in [1.807, 2.05) is 19.1 Å². The summed E-state index contributed by atoms with van der Waals surface area (Å²) in [6.45, 7) is 6.64. The number of ether oxygens (including phenoxy) is 3. The third-order valence-electron chi connectivity index (χ3n) is 7.36. The summed E-state index contributed by atoms with van der Waals surface area (Å²) in [6, 6.07) is 9.32. The van der Waals surface area contributed by atoms with Crippen LogP contribution < -0.4 is 4.74 Å². The Bertz CT molecular complexity index is 1200. The van der Waals surface area contributed by atoms with Gasteiger partial charge in [0, 0.05) is 54.9 Å². The highest BCUT2D eigenvalue weighted by Crippen LogP contribution is 2.35. The third kappa shape index (κ3) is 4.51. The van der Waals surface area contributed by atoms with E-state index in [-0.39, 0.29) is 18.1 Å². The fraction of sp³-hybridized carbons (Fsp3) is 0.462. The minimum absolute atomic E-state index is 0.0469. The van der Waals surface area contributed by atoms with Crippen LogP contribution in [0.5, 0.6) is 5.75 Å². The molecule has 2 fully saturated rings. The second-order valence-corrected chi connectivity index (χ2v) is 9.72. The lowest BCUT2D eigenvalue weighted by Crippen LogP contribution is -2.58. The van der Waals surface area contributed by atoms with E-state index in [9.17, 15) is 15.2 Å². The van der Waals surface area contributed by atoms with Crippen molar-refractivity contribution in [2.75, 3.05) is 46.4 Å². The molecule has 1 N–H and O–H groups in total. The predicted molar refractivity (Wildman–Crippen MR) is 128 cm³/mol. The fourth-order valence-corrected chi connectivity index (χ4v) is 5.63. The number of hydrogen-bond acceptors (Lipinski definition) is 8. The van der Waals surface area contributed by atoms with E-state index in [0.717, 1.165) is 42.9 Å². The van der Waals surface area contributed by atoms with Crippen LogP contribution in [0, 0.1) is 18.3 Å². The topological polar surface area (TPSA) is 95.3 Å². The zero-order valence-corrected chi connectivity index (χ0v) is 20.5. The molecule has 3 atom stereocenters. The van der Waals surface area contributed by atoms with Crippen LogP contribution in [0.15, 0.2) is 24.3 Å². The largest absolute Gasteiger partial charge is 0.495 e. The van der Waals surface area contributed by atoms with Crippen molar-refractivity contribution >= 4 is 17.6 Å². The summed E-state index contributed by atoms with van der Waals surface area (Å²) >= 11 is 6.35. The van der Waals surface area contributed by atoms with Gasteiger partial charge in [0.25, 0.3) is 0 Å². The number of nitrogens with zero attached hydrogens (tertiary/aromatic N) is 3. The molecule has 0 amide bonds. The van der Waals surface area contributed by atoms with Crippen LogP contribution in [0.25, 0.3) is 0 Å². The van der Waals surface area contributed by atoms with E-state index < -0.39 is 6.10 Å². The van der Waals surface area contributed by atoms with Crippen molar-refractivity contribution in [3.63, 3.8) is 0 Å². The van der Waals surface area contributed by atoms with Gasteiger partial charge in [-0.05, 0) is 36.2 Å². The minimum atomic E-state index is -0.799. The maximum atomic E-state index is 11.9. The van der Waals surface area contributed by atoms with Crippen molar-refractivity contribution < 1.29 is 24.1 Å². The second kappa shape index (κ2) is 9.76. The number of morpholine rings is 1. The number of hydrogen-bond donors (Lipinski definition) is 1. The van der Waals surface area contributed by atoms with E-state index in [1.54, 1.807) is 6.07 Å². The van der Waals surface area contributed by atoms with Gasteiger partial charge in [-0.1, -0.05) is 17.7 Å². The first-order valence-electron chi connectivity index (χ1n) is 11.7. The molecule has 5 rings (SSSR count). The number of rotatable bonds is 5. The molecular formula is C26H28ClN3O5. The maximum absolute atomic E-state index is 11.9. The van der Waals surface area contributed by atoms with Crippen molar-refractivity contribution in [3.8, 4) is 11.8 Å². The molecule has 2 aromatic rings. The Hall–Kier alpha value is -2.67. The Labute approximate surface area is 209 Å². The zero-order chi connectivity index (χ0) is 24.7. The fourth-order valence-electron chi connectivity index (χ4n) is 5.34.